The lowest BCUT2D eigenvalue weighted by Gasteiger charge is -2.30. The summed E-state index contributed by atoms with van der Waals surface area (Å²) in [5.41, 5.74) is -3.11. The van der Waals surface area contributed by atoms with E-state index in [0.717, 1.165) is 19.9 Å². The van der Waals surface area contributed by atoms with Gasteiger partial charge in [-0.15, -0.1) is 0 Å². The number of hydrogen-bond donors (Lipinski definition) is 2. The molecule has 2 N–H and O–H groups in total. The maximum atomic E-state index is 15.4. The van der Waals surface area contributed by atoms with Crippen molar-refractivity contribution in [2.24, 2.45) is 0 Å². The Balaban J connectivity index is 1.57. The van der Waals surface area contributed by atoms with Crippen LogP contribution in [0.2, 0.25) is 0 Å². The van der Waals surface area contributed by atoms with Gasteiger partial charge < -0.3 is 19.9 Å². The Morgan fingerprint density at radius 3 is 2.52 bits per heavy atom. The smallest absolute Gasteiger partial charge is 0.303 e. The van der Waals surface area contributed by atoms with Gasteiger partial charge in [-0.3, -0.25) is 0 Å². The number of aliphatic hydroxyl groups is 1. The summed E-state index contributed by atoms with van der Waals surface area (Å²) >= 11 is 0. The third-order valence-corrected chi connectivity index (χ3v) is 9.56. The van der Waals surface area contributed by atoms with Crippen molar-refractivity contribution in [3.05, 3.63) is 53.1 Å². The normalized spacial score (nSPS) is 19.1. The van der Waals surface area contributed by atoms with Gasteiger partial charge in [0.1, 0.15) is 39.8 Å². The van der Waals surface area contributed by atoms with Crippen LogP contribution in [0, 0.1) is 12.7 Å². The molecule has 216 valence electrons. The average molecular weight is 580 g/mol. The van der Waals surface area contributed by atoms with Crippen molar-refractivity contribution in [1.29, 1.82) is 0 Å². The van der Waals surface area contributed by atoms with Crippen LogP contribution in [-0.4, -0.2) is 53.7 Å². The molecular weight excluding hydrogens is 547 g/mol. The molecule has 3 aromatic rings. The van der Waals surface area contributed by atoms with E-state index in [1.54, 1.807) is 19.9 Å². The second-order valence-electron chi connectivity index (χ2n) is 11.0. The van der Waals surface area contributed by atoms with E-state index in [1.165, 1.54) is 18.2 Å². The van der Waals surface area contributed by atoms with Crippen molar-refractivity contribution in [2.45, 2.75) is 80.8 Å². The topological polar surface area (TPSA) is 111 Å². The largest absolute Gasteiger partial charge is 0.487 e. The number of nitrogens with zero attached hydrogens (tertiary/aromatic N) is 2. The van der Waals surface area contributed by atoms with Gasteiger partial charge in [-0.1, -0.05) is 12.1 Å². The fraction of sp³-hybridized carbons (Fsp3) is 0.500. The molecule has 1 saturated heterocycles. The number of rotatable bonds is 9. The predicted octanol–water partition coefficient (Wildman–Crippen LogP) is 5.22. The minimum Gasteiger partial charge on any atom is -0.487 e. The fourth-order valence-electron chi connectivity index (χ4n) is 4.76. The third kappa shape index (κ3) is 5.24. The first kappa shape index (κ1) is 28.6. The number of halogens is 3. The first-order valence-corrected chi connectivity index (χ1v) is 14.7. The molecule has 12 heteroatoms. The van der Waals surface area contributed by atoms with Crippen LogP contribution >= 0.6 is 0 Å². The quantitative estimate of drug-likeness (QED) is 0.355. The highest BCUT2D eigenvalue weighted by Gasteiger charge is 2.49. The summed E-state index contributed by atoms with van der Waals surface area (Å²) in [7, 11) is -3.65. The first-order chi connectivity index (χ1) is 18.7. The van der Waals surface area contributed by atoms with Crippen LogP contribution in [-0.2, 0) is 20.5 Å². The number of benzene rings is 2. The van der Waals surface area contributed by atoms with Gasteiger partial charge >= 0.3 is 5.92 Å². The average Bonchev–Trinajstić information content (AvgIpc) is 3.61. The van der Waals surface area contributed by atoms with Gasteiger partial charge in [0.25, 0.3) is 0 Å². The second kappa shape index (κ2) is 10.1. The number of aromatic nitrogens is 2. The number of sulfone groups is 1. The van der Waals surface area contributed by atoms with Gasteiger partial charge in [-0.25, -0.2) is 22.8 Å². The van der Waals surface area contributed by atoms with E-state index in [2.05, 4.69) is 15.3 Å². The van der Waals surface area contributed by atoms with Gasteiger partial charge in [0.05, 0.1) is 35.6 Å². The van der Waals surface area contributed by atoms with E-state index in [1.807, 2.05) is 0 Å². The number of anilines is 1. The van der Waals surface area contributed by atoms with Crippen molar-refractivity contribution in [1.82, 2.24) is 9.97 Å². The Kier molecular flexibility index (Phi) is 7.25. The minimum absolute atomic E-state index is 0.0547. The monoisotopic (exact) mass is 579 g/mol. The van der Waals surface area contributed by atoms with Crippen molar-refractivity contribution in [3.63, 3.8) is 0 Å². The Hall–Kier alpha value is -2.96. The summed E-state index contributed by atoms with van der Waals surface area (Å²) in [5.74, 6) is -4.23. The number of fused-ring (bicyclic) bond motifs is 1. The molecule has 1 saturated carbocycles. The minimum atomic E-state index is -3.84. The molecular formula is C28H32F3N3O5S. The van der Waals surface area contributed by atoms with Gasteiger partial charge in [-0.05, 0) is 58.7 Å². The van der Waals surface area contributed by atoms with E-state index < -0.39 is 44.0 Å². The maximum absolute atomic E-state index is 15.4. The number of alkyl halides is 2. The Morgan fingerprint density at radius 1 is 1.18 bits per heavy atom. The molecule has 0 unspecified atom stereocenters. The van der Waals surface area contributed by atoms with Gasteiger partial charge in [0, 0.05) is 17.4 Å². The lowest BCUT2D eigenvalue weighted by atomic mass is 9.91. The number of aryl methyl sites for hydroxylation is 1. The molecule has 1 aromatic heterocycles. The van der Waals surface area contributed by atoms with Crippen LogP contribution in [0.4, 0.5) is 19.0 Å². The molecule has 5 rings (SSSR count). The molecule has 2 fully saturated rings. The molecule has 1 aliphatic heterocycles. The summed E-state index contributed by atoms with van der Waals surface area (Å²) in [4.78, 5) is 8.95. The fourth-order valence-corrected chi connectivity index (χ4v) is 6.54. The molecule has 2 atom stereocenters. The van der Waals surface area contributed by atoms with Crippen molar-refractivity contribution < 1.29 is 36.2 Å². The van der Waals surface area contributed by atoms with Crippen molar-refractivity contribution >= 4 is 26.6 Å². The summed E-state index contributed by atoms with van der Waals surface area (Å²) in [5, 5.41) is 13.0. The zero-order valence-electron chi connectivity index (χ0n) is 22.7. The van der Waals surface area contributed by atoms with Gasteiger partial charge in [-0.2, -0.15) is 8.78 Å². The number of hydrogen-bond acceptors (Lipinski definition) is 8. The zero-order chi connectivity index (χ0) is 29.0. The van der Waals surface area contributed by atoms with Crippen LogP contribution in [0.1, 0.15) is 63.0 Å². The molecule has 2 aliphatic rings. The maximum Gasteiger partial charge on any atom is 0.303 e. The number of ether oxygens (including phenoxy) is 2. The molecule has 2 aromatic carbocycles. The standard InChI is InChI=1S/C28H32F3N3O5S/c1-15(19-6-5-7-21(25(19)29)28(30,31)27(3,4)35)32-26-20-12-23(39-17-10-11-38-14-17)24(40(36,37)18-8-9-18)13-22(20)33-16(2)34-26/h5-7,12-13,15,17-18,35H,8-11,14H2,1-4H3,(H,32,33,34)/t15-,17+/m1/s1. The highest BCUT2D eigenvalue weighted by molar-refractivity contribution is 7.92. The summed E-state index contributed by atoms with van der Waals surface area (Å²) in [6.45, 7) is 5.91. The summed E-state index contributed by atoms with van der Waals surface area (Å²) < 4.78 is 83.2. The zero-order valence-corrected chi connectivity index (χ0v) is 23.5. The van der Waals surface area contributed by atoms with Crippen LogP contribution in [0.25, 0.3) is 10.9 Å². The van der Waals surface area contributed by atoms with E-state index >= 15 is 4.39 Å². The molecule has 0 spiro atoms. The molecule has 1 aliphatic carbocycles. The van der Waals surface area contributed by atoms with Crippen LogP contribution in [0.15, 0.2) is 35.2 Å². The molecule has 0 bridgehead atoms. The van der Waals surface area contributed by atoms with E-state index in [4.69, 9.17) is 9.47 Å². The predicted molar refractivity (Wildman–Crippen MR) is 143 cm³/mol. The van der Waals surface area contributed by atoms with Crippen LogP contribution < -0.4 is 10.1 Å². The molecule has 0 amide bonds. The Morgan fingerprint density at radius 2 is 1.90 bits per heavy atom. The number of nitrogens with one attached hydrogen (secondary N) is 1. The second-order valence-corrected chi connectivity index (χ2v) is 13.2. The molecule has 2 heterocycles. The van der Waals surface area contributed by atoms with Crippen molar-refractivity contribution in [2.75, 3.05) is 18.5 Å². The molecule has 40 heavy (non-hydrogen) atoms. The third-order valence-electron chi connectivity index (χ3n) is 7.28. The Bertz CT molecular complexity index is 1550. The van der Waals surface area contributed by atoms with Crippen LogP contribution in [0.5, 0.6) is 5.75 Å². The summed E-state index contributed by atoms with van der Waals surface area (Å²) in [6.07, 6.45) is 1.45. The van der Waals surface area contributed by atoms with Gasteiger partial charge in [0.2, 0.25) is 0 Å². The van der Waals surface area contributed by atoms with Crippen molar-refractivity contribution in [3.8, 4) is 5.75 Å². The first-order valence-electron chi connectivity index (χ1n) is 13.2. The van der Waals surface area contributed by atoms with Crippen LogP contribution in [0.3, 0.4) is 0 Å². The lowest BCUT2D eigenvalue weighted by Crippen LogP contribution is -2.41. The van der Waals surface area contributed by atoms with E-state index in [9.17, 15) is 22.3 Å². The van der Waals surface area contributed by atoms with Gasteiger partial charge in [0.15, 0.2) is 9.84 Å². The SMILES string of the molecule is Cc1nc(N[C@H](C)c2cccc(C(F)(F)C(C)(C)O)c2F)c2cc(O[C@H]3CCOC3)c(S(=O)(=O)C3CC3)cc2n1. The van der Waals surface area contributed by atoms with E-state index in [-0.39, 0.29) is 28.1 Å². The molecule has 0 radical (unpaired) electrons. The molecule has 8 nitrogen and oxygen atoms in total. The Labute approximate surface area is 230 Å². The van der Waals surface area contributed by atoms with E-state index in [0.29, 0.717) is 49.2 Å². The lowest BCUT2D eigenvalue weighted by molar-refractivity contribution is -0.170. The highest BCUT2D eigenvalue weighted by Crippen LogP contribution is 2.43. The highest BCUT2D eigenvalue weighted by atomic mass is 32.2. The summed E-state index contributed by atoms with van der Waals surface area (Å²) in [6, 6.07) is 5.84.